The van der Waals surface area contributed by atoms with Crippen LogP contribution in [0.1, 0.15) is 42.4 Å². The van der Waals surface area contributed by atoms with Crippen molar-refractivity contribution in [3.63, 3.8) is 0 Å². The maximum atomic E-state index is 12.7. The van der Waals surface area contributed by atoms with E-state index in [1.54, 1.807) is 6.08 Å². The Hall–Kier alpha value is -2.94. The minimum absolute atomic E-state index is 0.0909. The first kappa shape index (κ1) is 15.6. The van der Waals surface area contributed by atoms with Crippen LogP contribution in [0.2, 0.25) is 0 Å². The molecule has 4 rings (SSSR count). The lowest BCUT2D eigenvalue weighted by atomic mass is 9.85. The highest BCUT2D eigenvalue weighted by atomic mass is 16.2. The summed E-state index contributed by atoms with van der Waals surface area (Å²) in [7, 11) is 0. The molecule has 0 N–H and O–H groups in total. The Kier molecular flexibility index (Phi) is 3.29. The molecule has 124 valence electrons. The maximum absolute atomic E-state index is 12.7. The van der Waals surface area contributed by atoms with Crippen LogP contribution in [0.25, 0.3) is 22.7 Å². The van der Waals surface area contributed by atoms with E-state index >= 15 is 0 Å². The van der Waals surface area contributed by atoms with E-state index in [2.05, 4.69) is 26.8 Å². The lowest BCUT2D eigenvalue weighted by molar-refractivity contribution is -0.111. The number of benzene rings is 2. The standard InChI is InChI=1S/C22H19NO2/c1-22(2,3)16-9-5-7-11-18(16)23-17-10-6-4-8-14(17)15-12-13-19(24)21(25)20(15)23/h4-13H,1-3H3. The monoisotopic (exact) mass is 329 g/mol. The number of hydrogen-bond donors (Lipinski definition) is 0. The Balaban J connectivity index is 2.17. The van der Waals surface area contributed by atoms with Gasteiger partial charge in [0.15, 0.2) is 0 Å². The zero-order chi connectivity index (χ0) is 17.8. The topological polar surface area (TPSA) is 39.1 Å². The van der Waals surface area contributed by atoms with E-state index in [1.807, 2.05) is 47.0 Å². The molecule has 0 radical (unpaired) electrons. The molecule has 0 bridgehead atoms. The summed E-state index contributed by atoms with van der Waals surface area (Å²) in [6.07, 6.45) is 3.13. The molecule has 0 fully saturated rings. The fourth-order valence-electron chi connectivity index (χ4n) is 3.56. The molecule has 0 atom stereocenters. The number of ketones is 2. The highest BCUT2D eigenvalue weighted by molar-refractivity contribution is 6.50. The van der Waals surface area contributed by atoms with Crippen LogP contribution in [0.5, 0.6) is 0 Å². The van der Waals surface area contributed by atoms with Crippen molar-refractivity contribution in [2.24, 2.45) is 0 Å². The van der Waals surface area contributed by atoms with Crippen LogP contribution in [-0.4, -0.2) is 16.1 Å². The summed E-state index contributed by atoms with van der Waals surface area (Å²) < 4.78 is 1.95. The van der Waals surface area contributed by atoms with Gasteiger partial charge in [0.2, 0.25) is 11.6 Å². The maximum Gasteiger partial charge on any atom is 0.250 e. The summed E-state index contributed by atoms with van der Waals surface area (Å²) in [5, 5.41) is 0.985. The van der Waals surface area contributed by atoms with Gasteiger partial charge in [-0.05, 0) is 35.3 Å². The van der Waals surface area contributed by atoms with Crippen molar-refractivity contribution in [3.05, 3.63) is 71.4 Å². The second kappa shape index (κ2) is 5.28. The third-order valence-electron chi connectivity index (χ3n) is 4.71. The van der Waals surface area contributed by atoms with Crippen LogP contribution >= 0.6 is 0 Å². The molecule has 1 aromatic heterocycles. The summed E-state index contributed by atoms with van der Waals surface area (Å²) in [6, 6.07) is 16.0. The largest absolute Gasteiger partial charge is 0.305 e. The fourth-order valence-corrected chi connectivity index (χ4v) is 3.56. The van der Waals surface area contributed by atoms with Crippen LogP contribution < -0.4 is 0 Å². The average molecular weight is 329 g/mol. The van der Waals surface area contributed by atoms with Gasteiger partial charge in [-0.1, -0.05) is 57.2 Å². The molecule has 3 aromatic rings. The smallest absolute Gasteiger partial charge is 0.250 e. The summed E-state index contributed by atoms with van der Waals surface area (Å²) in [6.45, 7) is 6.45. The van der Waals surface area contributed by atoms with Crippen LogP contribution in [0.4, 0.5) is 0 Å². The first-order valence-corrected chi connectivity index (χ1v) is 8.39. The molecule has 1 heterocycles. The van der Waals surface area contributed by atoms with Gasteiger partial charge in [-0.2, -0.15) is 0 Å². The predicted molar refractivity (Wildman–Crippen MR) is 100 cm³/mol. The number of hydrogen-bond acceptors (Lipinski definition) is 2. The van der Waals surface area contributed by atoms with Crippen LogP contribution in [-0.2, 0) is 10.2 Å². The lowest BCUT2D eigenvalue weighted by Gasteiger charge is -2.24. The molecule has 0 saturated carbocycles. The molecule has 3 nitrogen and oxygen atoms in total. The van der Waals surface area contributed by atoms with E-state index in [0.717, 1.165) is 27.7 Å². The van der Waals surface area contributed by atoms with Gasteiger partial charge in [0.05, 0.1) is 11.2 Å². The second-order valence-corrected chi connectivity index (χ2v) is 7.41. The van der Waals surface area contributed by atoms with Crippen molar-refractivity contribution in [1.82, 2.24) is 4.57 Å². The van der Waals surface area contributed by atoms with Crippen molar-refractivity contribution < 1.29 is 9.59 Å². The molecular weight excluding hydrogens is 310 g/mol. The Morgan fingerprint density at radius 2 is 1.52 bits per heavy atom. The molecule has 3 heteroatoms. The molecule has 25 heavy (non-hydrogen) atoms. The third-order valence-corrected chi connectivity index (χ3v) is 4.71. The van der Waals surface area contributed by atoms with E-state index < -0.39 is 11.6 Å². The minimum atomic E-state index is -0.468. The van der Waals surface area contributed by atoms with Gasteiger partial charge in [-0.15, -0.1) is 0 Å². The Morgan fingerprint density at radius 3 is 2.28 bits per heavy atom. The zero-order valence-electron chi connectivity index (χ0n) is 14.5. The number of nitrogens with zero attached hydrogens (tertiary/aromatic N) is 1. The van der Waals surface area contributed by atoms with Crippen molar-refractivity contribution in [2.75, 3.05) is 0 Å². The van der Waals surface area contributed by atoms with Gasteiger partial charge in [0.25, 0.3) is 0 Å². The molecule has 0 amide bonds. The van der Waals surface area contributed by atoms with E-state index in [4.69, 9.17) is 0 Å². The van der Waals surface area contributed by atoms with Crippen LogP contribution in [0.15, 0.2) is 54.6 Å². The van der Waals surface area contributed by atoms with Gasteiger partial charge >= 0.3 is 0 Å². The Morgan fingerprint density at radius 1 is 0.840 bits per heavy atom. The molecule has 1 aliphatic rings. The molecule has 1 aliphatic carbocycles. The van der Waals surface area contributed by atoms with Crippen molar-refractivity contribution in [2.45, 2.75) is 26.2 Å². The van der Waals surface area contributed by atoms with Crippen LogP contribution in [0, 0.1) is 0 Å². The number of carbonyl (C=O) groups excluding carboxylic acids is 2. The Labute approximate surface area is 146 Å². The molecular formula is C22H19NO2. The van der Waals surface area contributed by atoms with E-state index in [1.165, 1.54) is 6.08 Å². The first-order chi connectivity index (χ1) is 11.9. The second-order valence-electron chi connectivity index (χ2n) is 7.41. The van der Waals surface area contributed by atoms with E-state index in [0.29, 0.717) is 5.69 Å². The van der Waals surface area contributed by atoms with Gasteiger partial charge in [0, 0.05) is 10.9 Å². The third kappa shape index (κ3) is 2.27. The molecule has 0 saturated heterocycles. The van der Waals surface area contributed by atoms with Gasteiger partial charge < -0.3 is 4.57 Å². The number of fused-ring (bicyclic) bond motifs is 3. The van der Waals surface area contributed by atoms with Crippen molar-refractivity contribution in [3.8, 4) is 5.69 Å². The zero-order valence-corrected chi connectivity index (χ0v) is 14.5. The number of carbonyl (C=O) groups is 2. The number of rotatable bonds is 1. The van der Waals surface area contributed by atoms with E-state index in [9.17, 15) is 9.59 Å². The summed E-state index contributed by atoms with van der Waals surface area (Å²) in [5.74, 6) is -0.915. The normalized spacial score (nSPS) is 14.2. The number of Topliss-reactive ketones (excluding diaryl/α,β-unsaturated/α-hetero) is 1. The summed E-state index contributed by atoms with van der Waals surface area (Å²) in [5.41, 5.74) is 4.22. The fraction of sp³-hybridized carbons (Fsp3) is 0.182. The highest BCUT2D eigenvalue weighted by Crippen LogP contribution is 2.36. The van der Waals surface area contributed by atoms with Crippen LogP contribution in [0.3, 0.4) is 0 Å². The van der Waals surface area contributed by atoms with Crippen molar-refractivity contribution >= 4 is 28.5 Å². The Bertz CT molecular complexity index is 1060. The summed E-state index contributed by atoms with van der Waals surface area (Å²) in [4.78, 5) is 24.8. The average Bonchev–Trinajstić information content (AvgIpc) is 2.92. The minimum Gasteiger partial charge on any atom is -0.305 e. The van der Waals surface area contributed by atoms with Gasteiger partial charge in [-0.3, -0.25) is 9.59 Å². The highest BCUT2D eigenvalue weighted by Gasteiger charge is 2.30. The molecule has 0 aliphatic heterocycles. The predicted octanol–water partition coefficient (Wildman–Crippen LogP) is 4.71. The van der Waals surface area contributed by atoms with Gasteiger partial charge in [0.1, 0.15) is 5.69 Å². The lowest BCUT2D eigenvalue weighted by Crippen LogP contribution is -2.22. The van der Waals surface area contributed by atoms with Crippen molar-refractivity contribution in [1.29, 1.82) is 0 Å². The number of para-hydroxylation sites is 2. The molecule has 0 unspecified atom stereocenters. The molecule has 2 aromatic carbocycles. The molecule has 0 spiro atoms. The SMILES string of the molecule is CC(C)(C)c1ccccc1-n1c2c(c3ccccc31)C=CC(=O)C2=O. The van der Waals surface area contributed by atoms with E-state index in [-0.39, 0.29) is 5.41 Å². The quantitative estimate of drug-likeness (QED) is 0.607. The summed E-state index contributed by atoms with van der Waals surface area (Å²) >= 11 is 0. The number of aromatic nitrogens is 1. The first-order valence-electron chi connectivity index (χ1n) is 8.39. The van der Waals surface area contributed by atoms with Gasteiger partial charge in [-0.25, -0.2) is 0 Å². The number of allylic oxidation sites excluding steroid dienone is 1.